The minimum absolute atomic E-state index is 0.0593. The molecule has 0 aliphatic heterocycles. The Labute approximate surface area is 188 Å². The summed E-state index contributed by atoms with van der Waals surface area (Å²) in [4.78, 5) is 28.7. The SMILES string of the molecule is COc1cc2nccc(Oc3cc4occ(C(=O)CC5CC5)c4cc3Cl)c2cc1C(N)=O. The highest BCUT2D eigenvalue weighted by atomic mass is 35.5. The number of hydrogen-bond donors (Lipinski definition) is 1. The van der Waals surface area contributed by atoms with Crippen LogP contribution in [0.15, 0.2) is 47.2 Å². The molecule has 1 aliphatic rings. The van der Waals surface area contributed by atoms with Crippen LogP contribution in [-0.2, 0) is 0 Å². The van der Waals surface area contributed by atoms with Gasteiger partial charge in [-0.3, -0.25) is 14.6 Å². The zero-order valence-corrected chi connectivity index (χ0v) is 17.9. The highest BCUT2D eigenvalue weighted by Gasteiger charge is 2.27. The first-order valence-electron chi connectivity index (χ1n) is 10.1. The molecule has 1 aliphatic carbocycles. The number of carbonyl (C=O) groups is 2. The number of pyridine rings is 1. The molecular formula is C24H19ClN2O5. The van der Waals surface area contributed by atoms with Crippen molar-refractivity contribution in [2.45, 2.75) is 19.3 Å². The molecule has 4 aromatic rings. The third-order valence-electron chi connectivity index (χ3n) is 5.61. The number of methoxy groups -OCH3 is 1. The Balaban J connectivity index is 1.54. The number of benzene rings is 2. The van der Waals surface area contributed by atoms with Crippen molar-refractivity contribution >= 4 is 45.2 Å². The number of ketones is 1. The maximum Gasteiger partial charge on any atom is 0.252 e. The molecule has 162 valence electrons. The van der Waals surface area contributed by atoms with E-state index in [-0.39, 0.29) is 11.3 Å². The Bertz CT molecular complexity index is 1390. The summed E-state index contributed by atoms with van der Waals surface area (Å²) in [6.45, 7) is 0. The molecule has 0 saturated heterocycles. The Hall–Kier alpha value is -3.58. The molecule has 0 bridgehead atoms. The van der Waals surface area contributed by atoms with Crippen molar-refractivity contribution in [2.75, 3.05) is 7.11 Å². The molecule has 2 heterocycles. The number of furan rings is 1. The summed E-state index contributed by atoms with van der Waals surface area (Å²) in [5.41, 5.74) is 7.30. The van der Waals surface area contributed by atoms with Crippen molar-refractivity contribution in [2.24, 2.45) is 11.7 Å². The Morgan fingerprint density at radius 2 is 1.94 bits per heavy atom. The van der Waals surface area contributed by atoms with Gasteiger partial charge in [0.15, 0.2) is 5.78 Å². The number of ether oxygens (including phenoxy) is 2. The number of amides is 1. The molecule has 2 aromatic carbocycles. The van der Waals surface area contributed by atoms with E-state index in [2.05, 4.69) is 4.98 Å². The van der Waals surface area contributed by atoms with Crippen LogP contribution in [0, 0.1) is 5.92 Å². The monoisotopic (exact) mass is 450 g/mol. The molecule has 2 aromatic heterocycles. The molecule has 0 spiro atoms. The number of rotatable bonds is 7. The van der Waals surface area contributed by atoms with E-state index < -0.39 is 5.91 Å². The van der Waals surface area contributed by atoms with Gasteiger partial charge in [-0.05, 0) is 37.0 Å². The van der Waals surface area contributed by atoms with Crippen LogP contribution in [0.1, 0.15) is 40.0 Å². The van der Waals surface area contributed by atoms with Gasteiger partial charge in [-0.1, -0.05) is 11.6 Å². The quantitative estimate of drug-likeness (QED) is 0.372. The second kappa shape index (κ2) is 7.84. The lowest BCUT2D eigenvalue weighted by atomic mass is 10.0. The van der Waals surface area contributed by atoms with Crippen molar-refractivity contribution in [1.29, 1.82) is 0 Å². The lowest BCUT2D eigenvalue weighted by Crippen LogP contribution is -2.12. The van der Waals surface area contributed by atoms with Crippen molar-refractivity contribution in [1.82, 2.24) is 4.98 Å². The summed E-state index contributed by atoms with van der Waals surface area (Å²) in [6.07, 6.45) is 5.78. The lowest BCUT2D eigenvalue weighted by molar-refractivity contribution is 0.0973. The minimum atomic E-state index is -0.628. The van der Waals surface area contributed by atoms with Gasteiger partial charge < -0.3 is 19.6 Å². The molecule has 2 N–H and O–H groups in total. The van der Waals surface area contributed by atoms with Gasteiger partial charge in [-0.2, -0.15) is 0 Å². The molecule has 1 amide bonds. The number of primary amides is 1. The lowest BCUT2D eigenvalue weighted by Gasteiger charge is -2.12. The van der Waals surface area contributed by atoms with Crippen LogP contribution in [-0.4, -0.2) is 23.8 Å². The summed E-state index contributed by atoms with van der Waals surface area (Å²) in [5, 5.41) is 1.55. The predicted octanol–water partition coefficient (Wildman–Crippen LogP) is 5.52. The second-order valence-electron chi connectivity index (χ2n) is 7.84. The first kappa shape index (κ1) is 20.3. The van der Waals surface area contributed by atoms with Crippen molar-refractivity contribution in [3.05, 3.63) is 58.9 Å². The topological polar surface area (TPSA) is 105 Å². The van der Waals surface area contributed by atoms with Gasteiger partial charge >= 0.3 is 0 Å². The molecule has 5 rings (SSSR count). The van der Waals surface area contributed by atoms with E-state index in [9.17, 15) is 9.59 Å². The number of fused-ring (bicyclic) bond motifs is 2. The molecule has 8 heteroatoms. The summed E-state index contributed by atoms with van der Waals surface area (Å²) < 4.78 is 16.9. The third kappa shape index (κ3) is 3.65. The molecular weight excluding hydrogens is 432 g/mol. The Kier molecular flexibility index (Phi) is 4.98. The van der Waals surface area contributed by atoms with Crippen LogP contribution in [0.2, 0.25) is 5.02 Å². The van der Waals surface area contributed by atoms with Crippen LogP contribution in [0.25, 0.3) is 21.9 Å². The number of aromatic nitrogens is 1. The van der Waals surface area contributed by atoms with Gasteiger partial charge in [-0.25, -0.2) is 0 Å². The van der Waals surface area contributed by atoms with Crippen LogP contribution < -0.4 is 15.2 Å². The fraction of sp³-hybridized carbons (Fsp3) is 0.208. The fourth-order valence-corrected chi connectivity index (χ4v) is 3.94. The standard InChI is InChI=1S/C24H19ClN2O5/c1-30-21-9-18-14(7-15(21)24(26)29)20(4-5-27-18)32-23-10-22-13(8-17(23)25)16(11-31-22)19(28)6-12-2-3-12/h4-5,7-12H,2-3,6H2,1H3,(H2,26,29). The first-order chi connectivity index (χ1) is 15.4. The van der Waals surface area contributed by atoms with Gasteiger partial charge in [0.2, 0.25) is 0 Å². The van der Waals surface area contributed by atoms with E-state index in [1.165, 1.54) is 13.4 Å². The summed E-state index contributed by atoms with van der Waals surface area (Å²) in [6, 6.07) is 8.18. The van der Waals surface area contributed by atoms with Gasteiger partial charge in [0.1, 0.15) is 29.1 Å². The Morgan fingerprint density at radius 3 is 2.66 bits per heavy atom. The van der Waals surface area contributed by atoms with Gasteiger partial charge in [0.05, 0.1) is 28.8 Å². The second-order valence-corrected chi connectivity index (χ2v) is 8.25. The third-order valence-corrected chi connectivity index (χ3v) is 5.90. The average molecular weight is 451 g/mol. The van der Waals surface area contributed by atoms with Crippen molar-refractivity contribution in [3.63, 3.8) is 0 Å². The van der Waals surface area contributed by atoms with E-state index in [0.29, 0.717) is 62.0 Å². The van der Waals surface area contributed by atoms with E-state index in [1.807, 2.05) is 0 Å². The van der Waals surface area contributed by atoms with Crippen LogP contribution in [0.3, 0.4) is 0 Å². The average Bonchev–Trinajstić information content (AvgIpc) is 3.50. The molecule has 7 nitrogen and oxygen atoms in total. The molecule has 0 radical (unpaired) electrons. The fourth-order valence-electron chi connectivity index (χ4n) is 3.73. The van der Waals surface area contributed by atoms with E-state index >= 15 is 0 Å². The minimum Gasteiger partial charge on any atom is -0.496 e. The van der Waals surface area contributed by atoms with Crippen molar-refractivity contribution in [3.8, 4) is 17.2 Å². The number of halogens is 1. The van der Waals surface area contributed by atoms with Crippen molar-refractivity contribution < 1.29 is 23.5 Å². The predicted molar refractivity (Wildman–Crippen MR) is 120 cm³/mol. The number of nitrogens with zero attached hydrogens (tertiary/aromatic N) is 1. The van der Waals surface area contributed by atoms with Gasteiger partial charge in [0, 0.05) is 35.5 Å². The van der Waals surface area contributed by atoms with E-state index in [0.717, 1.165) is 12.8 Å². The molecule has 0 atom stereocenters. The number of nitrogens with two attached hydrogens (primary N) is 1. The van der Waals surface area contributed by atoms with Crippen LogP contribution in [0.5, 0.6) is 17.2 Å². The summed E-state index contributed by atoms with van der Waals surface area (Å²) in [7, 11) is 1.45. The maximum absolute atomic E-state index is 12.6. The normalized spacial score (nSPS) is 13.4. The Morgan fingerprint density at radius 1 is 1.12 bits per heavy atom. The highest BCUT2D eigenvalue weighted by molar-refractivity contribution is 6.33. The molecule has 1 fully saturated rings. The summed E-state index contributed by atoms with van der Waals surface area (Å²) in [5.74, 6) is 1.01. The van der Waals surface area contributed by atoms with Crippen LogP contribution in [0.4, 0.5) is 0 Å². The van der Waals surface area contributed by atoms with Crippen LogP contribution >= 0.6 is 11.6 Å². The molecule has 1 saturated carbocycles. The highest BCUT2D eigenvalue weighted by Crippen LogP contribution is 2.40. The zero-order chi connectivity index (χ0) is 22.4. The van der Waals surface area contributed by atoms with E-state index in [1.54, 1.807) is 36.5 Å². The van der Waals surface area contributed by atoms with Gasteiger partial charge in [0.25, 0.3) is 5.91 Å². The first-order valence-corrected chi connectivity index (χ1v) is 10.5. The number of carbonyl (C=O) groups excluding carboxylic acids is 2. The molecule has 0 unspecified atom stereocenters. The summed E-state index contributed by atoms with van der Waals surface area (Å²) >= 11 is 6.50. The van der Waals surface area contributed by atoms with Gasteiger partial charge in [-0.15, -0.1) is 0 Å². The smallest absolute Gasteiger partial charge is 0.252 e. The number of hydrogen-bond acceptors (Lipinski definition) is 6. The maximum atomic E-state index is 12.6. The molecule has 32 heavy (non-hydrogen) atoms. The van der Waals surface area contributed by atoms with E-state index in [4.69, 9.17) is 31.2 Å². The zero-order valence-electron chi connectivity index (χ0n) is 17.2. The number of Topliss-reactive ketones (excluding diaryl/α,β-unsaturated/α-hetero) is 1. The largest absolute Gasteiger partial charge is 0.496 e.